The van der Waals surface area contributed by atoms with Crippen LogP contribution in [0.2, 0.25) is 5.02 Å². The third-order valence-electron chi connectivity index (χ3n) is 5.60. The Kier molecular flexibility index (Phi) is 6.94. The summed E-state index contributed by atoms with van der Waals surface area (Å²) in [6.07, 6.45) is 3.32. The van der Waals surface area contributed by atoms with E-state index in [4.69, 9.17) is 25.5 Å². The van der Waals surface area contributed by atoms with E-state index in [1.54, 1.807) is 25.5 Å². The first-order valence-corrected chi connectivity index (χ1v) is 11.4. The Morgan fingerprint density at radius 2 is 1.91 bits per heavy atom. The van der Waals surface area contributed by atoms with Crippen molar-refractivity contribution in [1.29, 1.82) is 0 Å². The topological polar surface area (TPSA) is 60.7 Å². The Morgan fingerprint density at radius 1 is 1.15 bits per heavy atom. The Labute approximate surface area is 203 Å². The van der Waals surface area contributed by atoms with Crippen LogP contribution in [0.25, 0.3) is 27.7 Å². The van der Waals surface area contributed by atoms with Crippen LogP contribution in [-0.2, 0) is 4.79 Å². The van der Waals surface area contributed by atoms with Crippen molar-refractivity contribution in [2.45, 2.75) is 20.8 Å². The Bertz CT molecular complexity index is 1370. The summed E-state index contributed by atoms with van der Waals surface area (Å²) >= 11 is 6.07. The zero-order valence-corrected chi connectivity index (χ0v) is 20.3. The van der Waals surface area contributed by atoms with Gasteiger partial charge in [0.15, 0.2) is 0 Å². The number of ether oxygens (including phenoxy) is 2. The molecule has 3 aromatic carbocycles. The molecule has 1 heterocycles. The number of allylic oxidation sites excluding steroid dienone is 1. The Morgan fingerprint density at radius 3 is 2.62 bits per heavy atom. The van der Waals surface area contributed by atoms with E-state index in [1.807, 2.05) is 69.3 Å². The monoisotopic (exact) mass is 475 g/mol. The Hall–Kier alpha value is -3.70. The van der Waals surface area contributed by atoms with Crippen molar-refractivity contribution in [1.82, 2.24) is 0 Å². The second-order valence-electron chi connectivity index (χ2n) is 7.89. The molecule has 0 aliphatic carbocycles. The van der Waals surface area contributed by atoms with Gasteiger partial charge in [-0.15, -0.1) is 0 Å². The number of benzene rings is 3. The highest BCUT2D eigenvalue weighted by Crippen LogP contribution is 2.41. The normalized spacial score (nSPS) is 11.5. The SMILES string of the molecule is CCOc1c(/C(C)=C/C(=O)Nc2cccc(OC)c2)cc2c(-c3ccc(Cl)cc3)coc2c1C. The third kappa shape index (κ3) is 4.80. The van der Waals surface area contributed by atoms with Crippen LogP contribution in [0.15, 0.2) is 71.4 Å². The summed E-state index contributed by atoms with van der Waals surface area (Å²) in [5.41, 5.74) is 5.86. The predicted molar refractivity (Wildman–Crippen MR) is 138 cm³/mol. The molecule has 5 nitrogen and oxygen atoms in total. The van der Waals surface area contributed by atoms with Crippen LogP contribution in [0.5, 0.6) is 11.5 Å². The molecule has 0 aliphatic rings. The molecule has 4 rings (SSSR count). The average molecular weight is 476 g/mol. The van der Waals surface area contributed by atoms with Crippen LogP contribution in [0.4, 0.5) is 5.69 Å². The van der Waals surface area contributed by atoms with E-state index in [9.17, 15) is 4.79 Å². The number of halogens is 1. The minimum Gasteiger partial charge on any atom is -0.497 e. The van der Waals surface area contributed by atoms with Gasteiger partial charge in [-0.05, 0) is 62.2 Å². The molecule has 4 aromatic rings. The van der Waals surface area contributed by atoms with Crippen molar-refractivity contribution >= 4 is 39.7 Å². The molecule has 0 atom stereocenters. The summed E-state index contributed by atoms with van der Waals surface area (Å²) in [5.74, 6) is 1.14. The van der Waals surface area contributed by atoms with Gasteiger partial charge < -0.3 is 19.2 Å². The van der Waals surface area contributed by atoms with Crippen molar-refractivity contribution in [3.05, 3.63) is 83.1 Å². The van der Waals surface area contributed by atoms with E-state index in [1.165, 1.54) is 0 Å². The van der Waals surface area contributed by atoms with Crippen LogP contribution in [0, 0.1) is 6.92 Å². The lowest BCUT2D eigenvalue weighted by Gasteiger charge is -2.15. The van der Waals surface area contributed by atoms with Gasteiger partial charge in [-0.3, -0.25) is 4.79 Å². The van der Waals surface area contributed by atoms with E-state index in [0.717, 1.165) is 38.8 Å². The zero-order chi connectivity index (χ0) is 24.2. The molecular formula is C28H26ClNO4. The van der Waals surface area contributed by atoms with Crippen molar-refractivity contribution in [2.75, 3.05) is 19.0 Å². The summed E-state index contributed by atoms with van der Waals surface area (Å²) in [6, 6.07) is 16.9. The lowest BCUT2D eigenvalue weighted by atomic mass is 9.96. The lowest BCUT2D eigenvalue weighted by Crippen LogP contribution is -2.09. The lowest BCUT2D eigenvalue weighted by molar-refractivity contribution is -0.111. The molecule has 0 saturated heterocycles. The van der Waals surface area contributed by atoms with Gasteiger partial charge in [-0.1, -0.05) is 29.8 Å². The van der Waals surface area contributed by atoms with E-state index in [0.29, 0.717) is 28.8 Å². The maximum atomic E-state index is 12.8. The van der Waals surface area contributed by atoms with E-state index in [2.05, 4.69) is 5.32 Å². The molecule has 0 bridgehead atoms. The van der Waals surface area contributed by atoms with Gasteiger partial charge in [0.2, 0.25) is 5.91 Å². The number of carbonyl (C=O) groups is 1. The number of aryl methyl sites for hydroxylation is 1. The third-order valence-corrected chi connectivity index (χ3v) is 5.85. The number of hydrogen-bond acceptors (Lipinski definition) is 4. The summed E-state index contributed by atoms with van der Waals surface area (Å²) in [6.45, 7) is 6.29. The van der Waals surface area contributed by atoms with Gasteiger partial charge in [-0.25, -0.2) is 0 Å². The molecule has 0 saturated carbocycles. The van der Waals surface area contributed by atoms with Crippen molar-refractivity contribution in [2.24, 2.45) is 0 Å². The Balaban J connectivity index is 1.76. The fourth-order valence-corrected chi connectivity index (χ4v) is 4.07. The second-order valence-corrected chi connectivity index (χ2v) is 8.33. The summed E-state index contributed by atoms with van der Waals surface area (Å²) < 4.78 is 17.2. The fourth-order valence-electron chi connectivity index (χ4n) is 3.95. The number of rotatable bonds is 7. The molecule has 1 amide bonds. The minimum absolute atomic E-state index is 0.240. The molecule has 0 fully saturated rings. The number of fused-ring (bicyclic) bond motifs is 1. The van der Waals surface area contributed by atoms with Gasteiger partial charge in [0, 0.05) is 44.9 Å². The first-order valence-electron chi connectivity index (χ1n) is 11.0. The number of hydrogen-bond donors (Lipinski definition) is 1. The van der Waals surface area contributed by atoms with Crippen molar-refractivity contribution < 1.29 is 18.7 Å². The first-order chi connectivity index (χ1) is 16.4. The molecular weight excluding hydrogens is 450 g/mol. The molecule has 6 heteroatoms. The van der Waals surface area contributed by atoms with Crippen LogP contribution in [0.1, 0.15) is 25.0 Å². The first kappa shape index (κ1) is 23.5. The molecule has 174 valence electrons. The molecule has 34 heavy (non-hydrogen) atoms. The van der Waals surface area contributed by atoms with Gasteiger partial charge in [0.25, 0.3) is 0 Å². The second kappa shape index (κ2) is 10.1. The van der Waals surface area contributed by atoms with Gasteiger partial charge in [-0.2, -0.15) is 0 Å². The highest BCUT2D eigenvalue weighted by atomic mass is 35.5. The van der Waals surface area contributed by atoms with E-state index >= 15 is 0 Å². The molecule has 0 radical (unpaired) electrons. The minimum atomic E-state index is -0.240. The standard InChI is InChI=1S/C28H26ClNO4/c1-5-33-27-18(3)28-24(25(16-34-28)19-9-11-20(29)12-10-19)15-23(27)17(2)13-26(31)30-21-7-6-8-22(14-21)32-4/h6-16H,5H2,1-4H3,(H,30,31)/b17-13+. The van der Waals surface area contributed by atoms with Crippen LogP contribution >= 0.6 is 11.6 Å². The predicted octanol–water partition coefficient (Wildman–Crippen LogP) is 7.51. The number of anilines is 1. The fraction of sp³-hybridized carbons (Fsp3) is 0.179. The number of nitrogens with one attached hydrogen (secondary N) is 1. The number of carbonyl (C=O) groups excluding carboxylic acids is 1. The number of amides is 1. The van der Waals surface area contributed by atoms with Crippen molar-refractivity contribution in [3.63, 3.8) is 0 Å². The molecule has 0 spiro atoms. The number of furan rings is 1. The van der Waals surface area contributed by atoms with Crippen LogP contribution in [-0.4, -0.2) is 19.6 Å². The highest BCUT2D eigenvalue weighted by molar-refractivity contribution is 6.30. The average Bonchev–Trinajstić information content (AvgIpc) is 3.25. The molecule has 1 N–H and O–H groups in total. The maximum Gasteiger partial charge on any atom is 0.248 e. The smallest absolute Gasteiger partial charge is 0.248 e. The van der Waals surface area contributed by atoms with Gasteiger partial charge in [0.05, 0.1) is 20.0 Å². The summed E-state index contributed by atoms with van der Waals surface area (Å²) in [4.78, 5) is 12.8. The number of methoxy groups -OCH3 is 1. The molecule has 0 unspecified atom stereocenters. The summed E-state index contributed by atoms with van der Waals surface area (Å²) in [5, 5.41) is 4.51. The van der Waals surface area contributed by atoms with Crippen molar-refractivity contribution in [3.8, 4) is 22.6 Å². The largest absolute Gasteiger partial charge is 0.497 e. The van der Waals surface area contributed by atoms with Crippen LogP contribution in [0.3, 0.4) is 0 Å². The van der Waals surface area contributed by atoms with Gasteiger partial charge >= 0.3 is 0 Å². The highest BCUT2D eigenvalue weighted by Gasteiger charge is 2.19. The maximum absolute atomic E-state index is 12.8. The van der Waals surface area contributed by atoms with Crippen LogP contribution < -0.4 is 14.8 Å². The molecule has 1 aromatic heterocycles. The van der Waals surface area contributed by atoms with Gasteiger partial charge in [0.1, 0.15) is 17.1 Å². The quantitative estimate of drug-likeness (QED) is 0.281. The van der Waals surface area contributed by atoms with E-state index in [-0.39, 0.29) is 5.91 Å². The molecule has 0 aliphatic heterocycles. The van der Waals surface area contributed by atoms with E-state index < -0.39 is 0 Å². The zero-order valence-electron chi connectivity index (χ0n) is 19.6. The summed E-state index contributed by atoms with van der Waals surface area (Å²) in [7, 11) is 1.59.